The number of ether oxygens (including phenoxy) is 1. The number of amides is 1. The molecule has 1 aromatic carbocycles. The van der Waals surface area contributed by atoms with Crippen LogP contribution in [0.4, 0.5) is 0 Å². The molecule has 2 rings (SSSR count). The lowest BCUT2D eigenvalue weighted by Crippen LogP contribution is -2.35. The Morgan fingerprint density at radius 1 is 1.35 bits per heavy atom. The van der Waals surface area contributed by atoms with E-state index in [1.165, 1.54) is 12.1 Å². The van der Waals surface area contributed by atoms with Gasteiger partial charge in [-0.1, -0.05) is 12.8 Å². The number of phenols is 1. The maximum absolute atomic E-state index is 11.8. The van der Waals surface area contributed by atoms with Crippen LogP contribution in [0.5, 0.6) is 5.75 Å². The van der Waals surface area contributed by atoms with Crippen LogP contribution in [0.2, 0.25) is 0 Å². The average molecular weight is 389 g/mol. The SMILES string of the molecule is O=C(COC(=O)c1cc(I)ccc1O)NC1CCCC1. The summed E-state index contributed by atoms with van der Waals surface area (Å²) in [5.74, 6) is -1.13. The first-order valence-electron chi connectivity index (χ1n) is 6.51. The Morgan fingerprint density at radius 3 is 2.75 bits per heavy atom. The highest BCUT2D eigenvalue weighted by molar-refractivity contribution is 14.1. The van der Waals surface area contributed by atoms with Gasteiger partial charge < -0.3 is 15.2 Å². The van der Waals surface area contributed by atoms with Crippen molar-refractivity contribution in [3.63, 3.8) is 0 Å². The van der Waals surface area contributed by atoms with Crippen molar-refractivity contribution in [3.05, 3.63) is 27.3 Å². The zero-order valence-electron chi connectivity index (χ0n) is 10.9. The van der Waals surface area contributed by atoms with Crippen molar-refractivity contribution in [1.29, 1.82) is 0 Å². The Labute approximate surface area is 130 Å². The van der Waals surface area contributed by atoms with E-state index < -0.39 is 5.97 Å². The third-order valence-electron chi connectivity index (χ3n) is 3.23. The number of hydrogen-bond acceptors (Lipinski definition) is 4. The van der Waals surface area contributed by atoms with Gasteiger partial charge in [-0.3, -0.25) is 4.79 Å². The Balaban J connectivity index is 1.85. The molecule has 0 aliphatic heterocycles. The standard InChI is InChI=1S/C14H16INO4/c15-9-5-6-12(17)11(7-9)14(19)20-8-13(18)16-10-3-1-2-4-10/h5-7,10,17H,1-4,8H2,(H,16,18). The predicted molar refractivity (Wildman–Crippen MR) is 81.5 cm³/mol. The van der Waals surface area contributed by atoms with Crippen molar-refractivity contribution >= 4 is 34.5 Å². The minimum absolute atomic E-state index is 0.0746. The van der Waals surface area contributed by atoms with Crippen molar-refractivity contribution in [2.24, 2.45) is 0 Å². The van der Waals surface area contributed by atoms with Crippen LogP contribution in [-0.2, 0) is 9.53 Å². The molecule has 108 valence electrons. The van der Waals surface area contributed by atoms with Crippen molar-refractivity contribution in [2.45, 2.75) is 31.7 Å². The maximum atomic E-state index is 11.8. The van der Waals surface area contributed by atoms with Crippen molar-refractivity contribution in [1.82, 2.24) is 5.32 Å². The first kappa shape index (κ1) is 15.1. The molecular weight excluding hydrogens is 373 g/mol. The molecule has 1 fully saturated rings. The van der Waals surface area contributed by atoms with Crippen molar-refractivity contribution in [3.8, 4) is 5.75 Å². The molecule has 20 heavy (non-hydrogen) atoms. The van der Waals surface area contributed by atoms with Gasteiger partial charge >= 0.3 is 5.97 Å². The molecule has 1 aromatic rings. The molecule has 6 heteroatoms. The van der Waals surface area contributed by atoms with Crippen LogP contribution in [0.1, 0.15) is 36.0 Å². The molecule has 2 N–H and O–H groups in total. The van der Waals surface area contributed by atoms with Crippen LogP contribution in [-0.4, -0.2) is 29.6 Å². The molecule has 0 spiro atoms. The van der Waals surface area contributed by atoms with Crippen LogP contribution < -0.4 is 5.32 Å². The van der Waals surface area contributed by atoms with E-state index in [0.29, 0.717) is 0 Å². The van der Waals surface area contributed by atoms with Gasteiger partial charge in [-0.05, 0) is 53.6 Å². The molecule has 0 atom stereocenters. The van der Waals surface area contributed by atoms with Crippen LogP contribution in [0.15, 0.2) is 18.2 Å². The lowest BCUT2D eigenvalue weighted by atomic mass is 10.2. The first-order chi connectivity index (χ1) is 9.56. The van der Waals surface area contributed by atoms with Gasteiger partial charge in [0, 0.05) is 9.61 Å². The highest BCUT2D eigenvalue weighted by Gasteiger charge is 2.19. The van der Waals surface area contributed by atoms with Gasteiger partial charge in [0.1, 0.15) is 11.3 Å². The fraction of sp³-hybridized carbons (Fsp3) is 0.429. The maximum Gasteiger partial charge on any atom is 0.342 e. The van der Waals surface area contributed by atoms with Crippen LogP contribution in [0.3, 0.4) is 0 Å². The first-order valence-corrected chi connectivity index (χ1v) is 7.59. The summed E-state index contributed by atoms with van der Waals surface area (Å²) in [5.41, 5.74) is 0.0746. The number of benzene rings is 1. The van der Waals surface area contributed by atoms with E-state index in [9.17, 15) is 14.7 Å². The third kappa shape index (κ3) is 4.09. The average Bonchev–Trinajstić information content (AvgIpc) is 2.91. The van der Waals surface area contributed by atoms with Crippen LogP contribution in [0.25, 0.3) is 0 Å². The monoisotopic (exact) mass is 389 g/mol. The van der Waals surface area contributed by atoms with E-state index >= 15 is 0 Å². The van der Waals surface area contributed by atoms with Crippen molar-refractivity contribution in [2.75, 3.05) is 6.61 Å². The van der Waals surface area contributed by atoms with E-state index in [1.54, 1.807) is 6.07 Å². The number of nitrogens with one attached hydrogen (secondary N) is 1. The fourth-order valence-electron chi connectivity index (χ4n) is 2.22. The summed E-state index contributed by atoms with van der Waals surface area (Å²) in [5, 5.41) is 12.4. The summed E-state index contributed by atoms with van der Waals surface area (Å²) in [6.45, 7) is -0.319. The number of rotatable bonds is 4. The van der Waals surface area contributed by atoms with Gasteiger partial charge in [0.25, 0.3) is 5.91 Å². The molecule has 1 aliphatic rings. The van der Waals surface area contributed by atoms with Crippen LogP contribution >= 0.6 is 22.6 Å². The molecule has 1 saturated carbocycles. The minimum Gasteiger partial charge on any atom is -0.507 e. The van der Waals surface area contributed by atoms with Gasteiger partial charge in [-0.2, -0.15) is 0 Å². The molecule has 1 amide bonds. The number of halogens is 1. The molecule has 1 aliphatic carbocycles. The number of carbonyl (C=O) groups is 2. The number of esters is 1. The fourth-order valence-corrected chi connectivity index (χ4v) is 2.71. The Hall–Kier alpha value is -1.31. The number of carbonyl (C=O) groups excluding carboxylic acids is 2. The second-order valence-corrected chi connectivity index (χ2v) is 6.03. The lowest BCUT2D eigenvalue weighted by Gasteiger charge is -2.12. The normalized spacial score (nSPS) is 15.1. The van der Waals surface area contributed by atoms with E-state index in [1.807, 2.05) is 22.6 Å². The van der Waals surface area contributed by atoms with E-state index in [2.05, 4.69) is 5.32 Å². The smallest absolute Gasteiger partial charge is 0.342 e. The summed E-state index contributed by atoms with van der Waals surface area (Å²) in [6, 6.07) is 4.83. The topological polar surface area (TPSA) is 75.6 Å². The minimum atomic E-state index is -0.692. The molecule has 0 aromatic heterocycles. The Morgan fingerprint density at radius 2 is 2.05 bits per heavy atom. The van der Waals surface area contributed by atoms with E-state index in [4.69, 9.17) is 4.74 Å². The molecule has 0 heterocycles. The summed E-state index contributed by atoms with van der Waals surface area (Å²) in [7, 11) is 0. The molecule has 0 saturated heterocycles. The summed E-state index contributed by atoms with van der Waals surface area (Å²) in [4.78, 5) is 23.4. The molecule has 0 unspecified atom stereocenters. The summed E-state index contributed by atoms with van der Waals surface area (Å²) < 4.78 is 5.73. The Bertz CT molecular complexity index is 512. The molecular formula is C14H16INO4. The molecule has 0 radical (unpaired) electrons. The van der Waals surface area contributed by atoms with Crippen LogP contribution in [0, 0.1) is 3.57 Å². The predicted octanol–water partition coefficient (Wildman–Crippen LogP) is 2.21. The van der Waals surface area contributed by atoms with Gasteiger partial charge in [-0.15, -0.1) is 0 Å². The molecule has 0 bridgehead atoms. The Kier molecular flexibility index (Phi) is 5.22. The number of aromatic hydroxyl groups is 1. The zero-order valence-corrected chi connectivity index (χ0v) is 13.1. The third-order valence-corrected chi connectivity index (χ3v) is 3.90. The second-order valence-electron chi connectivity index (χ2n) is 4.79. The van der Waals surface area contributed by atoms with Gasteiger partial charge in [0.2, 0.25) is 0 Å². The second kappa shape index (κ2) is 6.92. The summed E-state index contributed by atoms with van der Waals surface area (Å²) in [6.07, 6.45) is 4.22. The van der Waals surface area contributed by atoms with Gasteiger partial charge in [0.15, 0.2) is 6.61 Å². The van der Waals surface area contributed by atoms with E-state index in [0.717, 1.165) is 29.3 Å². The molecule has 5 nitrogen and oxygen atoms in total. The lowest BCUT2D eigenvalue weighted by molar-refractivity contribution is -0.124. The van der Waals surface area contributed by atoms with Gasteiger partial charge in [-0.25, -0.2) is 4.79 Å². The highest BCUT2D eigenvalue weighted by Crippen LogP contribution is 2.20. The van der Waals surface area contributed by atoms with E-state index in [-0.39, 0.29) is 29.9 Å². The summed E-state index contributed by atoms with van der Waals surface area (Å²) >= 11 is 2.03. The number of hydrogen-bond donors (Lipinski definition) is 2. The van der Waals surface area contributed by atoms with Gasteiger partial charge in [0.05, 0.1) is 0 Å². The largest absolute Gasteiger partial charge is 0.507 e. The number of phenolic OH excluding ortho intramolecular Hbond substituents is 1. The van der Waals surface area contributed by atoms with Crippen molar-refractivity contribution < 1.29 is 19.4 Å². The zero-order chi connectivity index (χ0) is 14.5. The quantitative estimate of drug-likeness (QED) is 0.612. The highest BCUT2D eigenvalue weighted by atomic mass is 127.